The van der Waals surface area contributed by atoms with E-state index < -0.39 is 15.6 Å². The van der Waals surface area contributed by atoms with E-state index in [1.165, 1.54) is 0 Å². The van der Waals surface area contributed by atoms with Crippen molar-refractivity contribution in [3.8, 4) is 0 Å². The van der Waals surface area contributed by atoms with Crippen molar-refractivity contribution in [2.45, 2.75) is 68.3 Å². The number of hydrogen-bond donors (Lipinski definition) is 2. The first-order valence-corrected chi connectivity index (χ1v) is 10.6. The lowest BCUT2D eigenvalue weighted by Crippen LogP contribution is -2.53. The molecule has 0 bridgehead atoms. The van der Waals surface area contributed by atoms with Gasteiger partial charge < -0.3 is 9.84 Å². The molecule has 0 aromatic heterocycles. The van der Waals surface area contributed by atoms with Crippen molar-refractivity contribution in [3.05, 3.63) is 0 Å². The highest BCUT2D eigenvalue weighted by atomic mass is 32.2. The fourth-order valence-corrected chi connectivity index (χ4v) is 5.88. The molecule has 0 amide bonds. The van der Waals surface area contributed by atoms with Gasteiger partial charge in [-0.25, -0.2) is 13.1 Å². The Balaban J connectivity index is 1.56. The molecule has 6 nitrogen and oxygen atoms in total. The van der Waals surface area contributed by atoms with Gasteiger partial charge in [-0.3, -0.25) is 4.90 Å². The van der Waals surface area contributed by atoms with Crippen LogP contribution in [0.1, 0.15) is 51.4 Å². The summed E-state index contributed by atoms with van der Waals surface area (Å²) >= 11 is 0. The third-order valence-corrected chi connectivity index (χ3v) is 7.45. The molecule has 3 fully saturated rings. The summed E-state index contributed by atoms with van der Waals surface area (Å²) < 4.78 is 33.5. The number of piperidine rings is 1. The molecule has 3 aliphatic rings. The molecule has 23 heavy (non-hydrogen) atoms. The largest absolute Gasteiger partial charge is 0.388 e. The lowest BCUT2D eigenvalue weighted by molar-refractivity contribution is -0.0814. The fraction of sp³-hybridized carbons (Fsp3) is 1.00. The Morgan fingerprint density at radius 1 is 1.13 bits per heavy atom. The number of rotatable bonds is 5. The lowest BCUT2D eigenvalue weighted by Gasteiger charge is -2.40. The molecular formula is C16H30N2O4S. The predicted octanol–water partition coefficient (Wildman–Crippen LogP) is 0.854. The molecule has 2 heterocycles. The molecule has 0 aromatic rings. The van der Waals surface area contributed by atoms with Gasteiger partial charge >= 0.3 is 0 Å². The summed E-state index contributed by atoms with van der Waals surface area (Å²) in [5.74, 6) is 0. The van der Waals surface area contributed by atoms with Crippen molar-refractivity contribution in [1.29, 1.82) is 0 Å². The van der Waals surface area contributed by atoms with Gasteiger partial charge in [-0.2, -0.15) is 0 Å². The van der Waals surface area contributed by atoms with Gasteiger partial charge in [0, 0.05) is 45.2 Å². The zero-order valence-electron chi connectivity index (χ0n) is 13.9. The van der Waals surface area contributed by atoms with Crippen LogP contribution < -0.4 is 4.72 Å². The number of likely N-dealkylation sites (tertiary alicyclic amines) is 1. The number of nitrogens with zero attached hydrogens (tertiary/aromatic N) is 1. The minimum Gasteiger partial charge on any atom is -0.388 e. The zero-order valence-corrected chi connectivity index (χ0v) is 14.7. The van der Waals surface area contributed by atoms with E-state index in [-0.39, 0.29) is 11.3 Å². The molecule has 0 radical (unpaired) electrons. The van der Waals surface area contributed by atoms with Gasteiger partial charge in [-0.1, -0.05) is 12.8 Å². The number of nitrogens with one attached hydrogen (secondary N) is 1. The molecule has 1 atom stereocenters. The van der Waals surface area contributed by atoms with Gasteiger partial charge in [-0.15, -0.1) is 0 Å². The number of β-amino-alcohol motifs (C(OH)–C–C–N with tert-alkyl or cyclic N) is 1. The molecule has 3 rings (SSSR count). The summed E-state index contributed by atoms with van der Waals surface area (Å²) in [6.07, 6.45) is 7.06. The molecule has 2 aliphatic heterocycles. The molecule has 7 heteroatoms. The second kappa shape index (κ2) is 7.35. The standard InChI is InChI=1S/C16H30N2O4S/c19-16(7-10-22-11-8-16)13-18-9-3-6-15(12-18)23(20,21)17-14-4-1-2-5-14/h14-15,17,19H,1-13H2. The molecular weight excluding hydrogens is 316 g/mol. The van der Waals surface area contributed by atoms with E-state index in [9.17, 15) is 13.5 Å². The normalized spacial score (nSPS) is 30.6. The van der Waals surface area contributed by atoms with Crippen LogP contribution in [0.3, 0.4) is 0 Å². The van der Waals surface area contributed by atoms with Crippen molar-refractivity contribution in [1.82, 2.24) is 9.62 Å². The van der Waals surface area contributed by atoms with Crippen LogP contribution in [0.4, 0.5) is 0 Å². The van der Waals surface area contributed by atoms with E-state index in [0.717, 1.165) is 45.1 Å². The molecule has 2 saturated heterocycles. The molecule has 1 unspecified atom stereocenters. The van der Waals surface area contributed by atoms with Crippen LogP contribution in [-0.4, -0.2) is 68.2 Å². The summed E-state index contributed by atoms with van der Waals surface area (Å²) in [4.78, 5) is 2.13. The van der Waals surface area contributed by atoms with Crippen LogP contribution in [0.5, 0.6) is 0 Å². The Bertz CT molecular complexity index is 484. The maximum absolute atomic E-state index is 12.6. The van der Waals surface area contributed by atoms with Crippen LogP contribution >= 0.6 is 0 Å². The monoisotopic (exact) mass is 346 g/mol. The molecule has 2 N–H and O–H groups in total. The van der Waals surface area contributed by atoms with Crippen LogP contribution in [0, 0.1) is 0 Å². The maximum Gasteiger partial charge on any atom is 0.215 e. The molecule has 0 aromatic carbocycles. The minimum absolute atomic E-state index is 0.134. The van der Waals surface area contributed by atoms with Gasteiger partial charge in [0.05, 0.1) is 10.9 Å². The average Bonchev–Trinajstić information content (AvgIpc) is 3.00. The van der Waals surface area contributed by atoms with E-state index in [1.807, 2.05) is 0 Å². The number of sulfonamides is 1. The summed E-state index contributed by atoms with van der Waals surface area (Å²) in [7, 11) is -3.26. The third kappa shape index (κ3) is 4.66. The van der Waals surface area contributed by atoms with Crippen molar-refractivity contribution < 1.29 is 18.3 Å². The highest BCUT2D eigenvalue weighted by Crippen LogP contribution is 2.26. The summed E-state index contributed by atoms with van der Waals surface area (Å²) in [6.45, 7) is 3.15. The molecule has 134 valence electrons. The van der Waals surface area contributed by atoms with Gasteiger partial charge in [-0.05, 0) is 32.2 Å². The molecule has 1 saturated carbocycles. The van der Waals surface area contributed by atoms with Gasteiger partial charge in [0.2, 0.25) is 10.0 Å². The van der Waals surface area contributed by atoms with E-state index in [4.69, 9.17) is 4.74 Å². The first-order chi connectivity index (χ1) is 11.0. The molecule has 1 aliphatic carbocycles. The minimum atomic E-state index is -3.26. The number of ether oxygens (including phenoxy) is 1. The lowest BCUT2D eigenvalue weighted by atomic mass is 9.93. The average molecular weight is 346 g/mol. The third-order valence-electron chi connectivity index (χ3n) is 5.53. The second-order valence-electron chi connectivity index (χ2n) is 7.48. The maximum atomic E-state index is 12.6. The van der Waals surface area contributed by atoms with Crippen LogP contribution in [0.2, 0.25) is 0 Å². The zero-order chi connectivity index (χ0) is 16.3. The summed E-state index contributed by atoms with van der Waals surface area (Å²) in [5, 5.41) is 10.3. The Labute approximate surface area is 139 Å². The number of hydrogen-bond acceptors (Lipinski definition) is 5. The van der Waals surface area contributed by atoms with Crippen molar-refractivity contribution in [3.63, 3.8) is 0 Å². The van der Waals surface area contributed by atoms with E-state index in [1.54, 1.807) is 0 Å². The Morgan fingerprint density at radius 2 is 1.83 bits per heavy atom. The van der Waals surface area contributed by atoms with E-state index in [2.05, 4.69) is 9.62 Å². The number of aliphatic hydroxyl groups is 1. The second-order valence-corrected chi connectivity index (χ2v) is 9.47. The van der Waals surface area contributed by atoms with Crippen LogP contribution in [-0.2, 0) is 14.8 Å². The van der Waals surface area contributed by atoms with Gasteiger partial charge in [0.15, 0.2) is 0 Å². The molecule has 0 spiro atoms. The Morgan fingerprint density at radius 3 is 2.52 bits per heavy atom. The Kier molecular flexibility index (Phi) is 5.63. The van der Waals surface area contributed by atoms with Crippen molar-refractivity contribution in [2.24, 2.45) is 0 Å². The first-order valence-electron chi connectivity index (χ1n) is 9.01. The van der Waals surface area contributed by atoms with E-state index >= 15 is 0 Å². The summed E-state index contributed by atoms with van der Waals surface area (Å²) in [5.41, 5.74) is -0.719. The SMILES string of the molecule is O=S(=O)(NC1CCCC1)C1CCCN(CC2(O)CCOCC2)C1. The Hall–Kier alpha value is -0.210. The fourth-order valence-electron chi connectivity index (χ4n) is 4.11. The first kappa shape index (κ1) is 17.6. The predicted molar refractivity (Wildman–Crippen MR) is 88.8 cm³/mol. The van der Waals surface area contributed by atoms with Gasteiger partial charge in [0.25, 0.3) is 0 Å². The van der Waals surface area contributed by atoms with Crippen LogP contribution in [0.15, 0.2) is 0 Å². The highest BCUT2D eigenvalue weighted by Gasteiger charge is 2.37. The van der Waals surface area contributed by atoms with Gasteiger partial charge in [0.1, 0.15) is 0 Å². The van der Waals surface area contributed by atoms with E-state index in [0.29, 0.717) is 39.1 Å². The highest BCUT2D eigenvalue weighted by molar-refractivity contribution is 7.90. The smallest absolute Gasteiger partial charge is 0.215 e. The summed E-state index contributed by atoms with van der Waals surface area (Å²) in [6, 6.07) is 0.134. The topological polar surface area (TPSA) is 78.9 Å². The van der Waals surface area contributed by atoms with Crippen LogP contribution in [0.25, 0.3) is 0 Å². The van der Waals surface area contributed by atoms with Crippen molar-refractivity contribution >= 4 is 10.0 Å². The quantitative estimate of drug-likeness (QED) is 0.772. The van der Waals surface area contributed by atoms with Crippen molar-refractivity contribution in [2.75, 3.05) is 32.8 Å².